The molecule has 0 aliphatic carbocycles. The van der Waals surface area contributed by atoms with Gasteiger partial charge < -0.3 is 9.64 Å². The van der Waals surface area contributed by atoms with Gasteiger partial charge in [-0.2, -0.15) is 0 Å². The highest BCUT2D eigenvalue weighted by molar-refractivity contribution is 7.89. The molecule has 10 nitrogen and oxygen atoms in total. The third-order valence-corrected chi connectivity index (χ3v) is 6.55. The van der Waals surface area contributed by atoms with Crippen LogP contribution >= 0.6 is 0 Å². The zero-order valence-electron chi connectivity index (χ0n) is 16.5. The molecule has 1 fully saturated rings. The number of benzene rings is 1. The zero-order valence-corrected chi connectivity index (χ0v) is 17.3. The second-order valence-corrected chi connectivity index (χ2v) is 8.69. The van der Waals surface area contributed by atoms with Gasteiger partial charge in [0.25, 0.3) is 5.91 Å². The van der Waals surface area contributed by atoms with Crippen LogP contribution in [-0.4, -0.2) is 66.9 Å². The Labute approximate surface area is 169 Å². The van der Waals surface area contributed by atoms with E-state index >= 15 is 0 Å². The molecule has 0 unspecified atom stereocenters. The van der Waals surface area contributed by atoms with E-state index in [0.717, 1.165) is 16.8 Å². The van der Waals surface area contributed by atoms with Crippen molar-refractivity contribution in [2.45, 2.75) is 32.6 Å². The average Bonchev–Trinajstić information content (AvgIpc) is 3.08. The number of nitro groups is 1. The van der Waals surface area contributed by atoms with E-state index in [9.17, 15) is 28.1 Å². The number of nitro benzene ring substituents is 1. The topological polar surface area (TPSA) is 127 Å². The number of hydrogen-bond acceptors (Lipinski definition) is 7. The average molecular weight is 427 g/mol. The van der Waals surface area contributed by atoms with E-state index < -0.39 is 20.9 Å². The van der Waals surface area contributed by atoms with E-state index in [4.69, 9.17) is 4.74 Å². The molecule has 1 aliphatic heterocycles. The fraction of sp³-hybridized carbons (Fsp3) is 0.556. The summed E-state index contributed by atoms with van der Waals surface area (Å²) in [5, 5.41) is 11.0. The van der Waals surface area contributed by atoms with Crippen LogP contribution in [0, 0.1) is 10.1 Å². The summed E-state index contributed by atoms with van der Waals surface area (Å²) in [5.41, 5.74) is -0.344. The van der Waals surface area contributed by atoms with Crippen molar-refractivity contribution < 1.29 is 27.7 Å². The van der Waals surface area contributed by atoms with Crippen LogP contribution in [-0.2, 0) is 14.8 Å². The first kappa shape index (κ1) is 22.6. The SMILES string of the molecule is CCCS(=O)(=O)N(CCCN1CCCC1=O)C(=O)c1ccc([N+](=O)[O-])c(OC)c1. The Hall–Kier alpha value is -2.69. The molecule has 1 heterocycles. The van der Waals surface area contributed by atoms with Gasteiger partial charge in [0.1, 0.15) is 0 Å². The molecule has 0 atom stereocenters. The van der Waals surface area contributed by atoms with Crippen LogP contribution in [0.15, 0.2) is 18.2 Å². The smallest absolute Gasteiger partial charge is 0.310 e. The van der Waals surface area contributed by atoms with Gasteiger partial charge in [-0.05, 0) is 25.3 Å². The number of hydrogen-bond donors (Lipinski definition) is 0. The van der Waals surface area contributed by atoms with Crippen LogP contribution in [0.25, 0.3) is 0 Å². The van der Waals surface area contributed by atoms with Crippen molar-refractivity contribution in [1.82, 2.24) is 9.21 Å². The summed E-state index contributed by atoms with van der Waals surface area (Å²) in [6.07, 6.45) is 1.91. The minimum absolute atomic E-state index is 0.0237. The Kier molecular flexibility index (Phi) is 7.54. The molecule has 0 bridgehead atoms. The number of carbonyl (C=O) groups excluding carboxylic acids is 2. The summed E-state index contributed by atoms with van der Waals surface area (Å²) in [7, 11) is -2.64. The van der Waals surface area contributed by atoms with E-state index in [2.05, 4.69) is 0 Å². The molecule has 0 N–H and O–H groups in total. The van der Waals surface area contributed by atoms with E-state index in [-0.39, 0.29) is 35.2 Å². The lowest BCUT2D eigenvalue weighted by atomic mass is 10.1. The standard InChI is InChI=1S/C18H25N3O7S/c1-3-12-29(26,27)20(11-5-10-19-9-4-6-17(19)22)18(23)14-7-8-15(21(24)25)16(13-14)28-2/h7-8,13H,3-6,9-12H2,1-2H3. The minimum atomic E-state index is -3.87. The second kappa shape index (κ2) is 9.68. The lowest BCUT2D eigenvalue weighted by Gasteiger charge is -2.24. The third kappa shape index (κ3) is 5.43. The monoisotopic (exact) mass is 427 g/mol. The van der Waals surface area contributed by atoms with Gasteiger partial charge in [0, 0.05) is 43.8 Å². The Balaban J connectivity index is 2.24. The summed E-state index contributed by atoms with van der Waals surface area (Å²) < 4.78 is 31.1. The van der Waals surface area contributed by atoms with Gasteiger partial charge in [-0.1, -0.05) is 6.92 Å². The molecule has 0 spiro atoms. The maximum atomic E-state index is 12.9. The number of rotatable bonds is 10. The van der Waals surface area contributed by atoms with E-state index in [0.29, 0.717) is 32.4 Å². The second-order valence-electron chi connectivity index (χ2n) is 6.67. The highest BCUT2D eigenvalue weighted by atomic mass is 32.2. The van der Waals surface area contributed by atoms with Gasteiger partial charge in [0.05, 0.1) is 17.8 Å². The molecule has 160 valence electrons. The van der Waals surface area contributed by atoms with Crippen molar-refractivity contribution >= 4 is 27.5 Å². The molecule has 2 amide bonds. The molecule has 2 rings (SSSR count). The van der Waals surface area contributed by atoms with Crippen LogP contribution in [0.3, 0.4) is 0 Å². The van der Waals surface area contributed by atoms with Gasteiger partial charge in [0.15, 0.2) is 5.75 Å². The molecule has 1 saturated heterocycles. The molecular formula is C18H25N3O7S. The molecule has 1 aromatic carbocycles. The zero-order chi connectivity index (χ0) is 21.6. The van der Waals surface area contributed by atoms with Crippen molar-refractivity contribution in [3.63, 3.8) is 0 Å². The quantitative estimate of drug-likeness (QED) is 0.411. The molecule has 0 aromatic heterocycles. The van der Waals surface area contributed by atoms with Crippen molar-refractivity contribution in [1.29, 1.82) is 0 Å². The predicted octanol–water partition coefficient (Wildman–Crippen LogP) is 1.80. The fourth-order valence-electron chi connectivity index (χ4n) is 3.19. The van der Waals surface area contributed by atoms with E-state index in [1.807, 2.05) is 0 Å². The van der Waals surface area contributed by atoms with Gasteiger partial charge in [0.2, 0.25) is 15.9 Å². The van der Waals surface area contributed by atoms with Crippen LogP contribution in [0.2, 0.25) is 0 Å². The number of nitrogens with zero attached hydrogens (tertiary/aromatic N) is 3. The highest BCUT2D eigenvalue weighted by Crippen LogP contribution is 2.28. The molecule has 0 radical (unpaired) electrons. The van der Waals surface area contributed by atoms with Crippen LogP contribution in [0.1, 0.15) is 43.0 Å². The maximum Gasteiger partial charge on any atom is 0.310 e. The minimum Gasteiger partial charge on any atom is -0.490 e. The van der Waals surface area contributed by atoms with E-state index in [1.54, 1.807) is 11.8 Å². The molecule has 0 saturated carbocycles. The maximum absolute atomic E-state index is 12.9. The number of sulfonamides is 1. The Morgan fingerprint density at radius 3 is 2.66 bits per heavy atom. The molecular weight excluding hydrogens is 402 g/mol. The highest BCUT2D eigenvalue weighted by Gasteiger charge is 2.29. The van der Waals surface area contributed by atoms with Crippen molar-refractivity contribution in [3.8, 4) is 5.75 Å². The number of likely N-dealkylation sites (tertiary alicyclic amines) is 1. The van der Waals surface area contributed by atoms with Gasteiger partial charge in [-0.15, -0.1) is 0 Å². The Morgan fingerprint density at radius 1 is 1.38 bits per heavy atom. The Morgan fingerprint density at radius 2 is 2.10 bits per heavy atom. The lowest BCUT2D eigenvalue weighted by molar-refractivity contribution is -0.385. The number of amides is 2. The first-order valence-corrected chi connectivity index (χ1v) is 11.0. The summed E-state index contributed by atoms with van der Waals surface area (Å²) >= 11 is 0. The molecule has 1 aliphatic rings. The molecule has 29 heavy (non-hydrogen) atoms. The number of carbonyl (C=O) groups is 2. The summed E-state index contributed by atoms with van der Waals surface area (Å²) in [5.74, 6) is -1.08. The van der Waals surface area contributed by atoms with Crippen molar-refractivity contribution in [2.75, 3.05) is 32.5 Å². The van der Waals surface area contributed by atoms with Crippen LogP contribution < -0.4 is 4.74 Å². The normalized spacial score (nSPS) is 14.1. The van der Waals surface area contributed by atoms with Crippen molar-refractivity contribution in [2.24, 2.45) is 0 Å². The molecule has 11 heteroatoms. The van der Waals surface area contributed by atoms with E-state index in [1.165, 1.54) is 19.2 Å². The van der Waals surface area contributed by atoms with Gasteiger partial charge >= 0.3 is 5.69 Å². The summed E-state index contributed by atoms with van der Waals surface area (Å²) in [6.45, 7) is 2.62. The van der Waals surface area contributed by atoms with Gasteiger partial charge in [-0.25, -0.2) is 12.7 Å². The summed E-state index contributed by atoms with van der Waals surface area (Å²) in [6, 6.07) is 3.49. The molecule has 1 aromatic rings. The van der Waals surface area contributed by atoms with Crippen LogP contribution in [0.5, 0.6) is 5.75 Å². The van der Waals surface area contributed by atoms with Crippen LogP contribution in [0.4, 0.5) is 5.69 Å². The first-order valence-electron chi connectivity index (χ1n) is 9.36. The number of ether oxygens (including phenoxy) is 1. The fourth-order valence-corrected chi connectivity index (χ4v) is 4.69. The first-order chi connectivity index (χ1) is 13.7. The predicted molar refractivity (Wildman–Crippen MR) is 105 cm³/mol. The Bertz CT molecular complexity index is 885. The lowest BCUT2D eigenvalue weighted by Crippen LogP contribution is -2.40. The summed E-state index contributed by atoms with van der Waals surface area (Å²) in [4.78, 5) is 36.7. The largest absolute Gasteiger partial charge is 0.490 e. The third-order valence-electron chi connectivity index (χ3n) is 4.61. The van der Waals surface area contributed by atoms with Crippen molar-refractivity contribution in [3.05, 3.63) is 33.9 Å². The number of methoxy groups -OCH3 is 1. The van der Waals surface area contributed by atoms with Gasteiger partial charge in [-0.3, -0.25) is 19.7 Å².